The van der Waals surface area contributed by atoms with Crippen molar-refractivity contribution in [3.05, 3.63) is 12.7 Å². The second-order valence-corrected chi connectivity index (χ2v) is 3.49. The molecule has 0 fully saturated rings. The van der Waals surface area contributed by atoms with Crippen LogP contribution in [0.5, 0.6) is 0 Å². The van der Waals surface area contributed by atoms with Crippen LogP contribution in [0.4, 0.5) is 4.79 Å². The number of nitrogens with one attached hydrogen (secondary N) is 2. The summed E-state index contributed by atoms with van der Waals surface area (Å²) in [4.78, 5) is 24.0. The normalized spacial score (nSPS) is 12.0. The first kappa shape index (κ1) is 14.6. The number of aliphatic hydroxyl groups excluding tert-OH is 1. The smallest absolute Gasteiger partial charge is 0.321 e. The molecule has 0 bridgehead atoms. The summed E-state index contributed by atoms with van der Waals surface area (Å²) >= 11 is 0. The predicted octanol–water partition coefficient (Wildman–Crippen LogP) is -0.689. The molecule has 0 aliphatic rings. The fourth-order valence-corrected chi connectivity index (χ4v) is 0.897. The third-order valence-electron chi connectivity index (χ3n) is 2.07. The monoisotopic (exact) mass is 229 g/mol. The van der Waals surface area contributed by atoms with E-state index in [0.717, 1.165) is 0 Å². The molecule has 0 spiro atoms. The van der Waals surface area contributed by atoms with Gasteiger partial charge in [-0.1, -0.05) is 6.08 Å². The van der Waals surface area contributed by atoms with E-state index in [1.165, 1.54) is 6.08 Å². The fourth-order valence-electron chi connectivity index (χ4n) is 0.897. The van der Waals surface area contributed by atoms with Gasteiger partial charge in [-0.3, -0.25) is 15.0 Å². The van der Waals surface area contributed by atoms with E-state index in [9.17, 15) is 9.59 Å². The summed E-state index contributed by atoms with van der Waals surface area (Å²) in [6.07, 6.45) is 1.52. The van der Waals surface area contributed by atoms with Crippen molar-refractivity contribution in [3.8, 4) is 0 Å². The SMILES string of the molecule is C=CCNC(=O)NC(=O)CN(C)C(C)CO. The highest BCUT2D eigenvalue weighted by Gasteiger charge is 2.13. The molecular formula is C10H19N3O3. The van der Waals surface area contributed by atoms with Gasteiger partial charge < -0.3 is 10.4 Å². The molecule has 0 aromatic heterocycles. The number of hydrogen-bond donors (Lipinski definition) is 3. The molecule has 0 aromatic carbocycles. The van der Waals surface area contributed by atoms with Gasteiger partial charge in [-0.2, -0.15) is 0 Å². The highest BCUT2D eigenvalue weighted by atomic mass is 16.3. The van der Waals surface area contributed by atoms with E-state index in [2.05, 4.69) is 17.2 Å². The van der Waals surface area contributed by atoms with Crippen LogP contribution in [0.2, 0.25) is 0 Å². The topological polar surface area (TPSA) is 81.7 Å². The molecular weight excluding hydrogens is 210 g/mol. The maximum atomic E-state index is 11.3. The maximum Gasteiger partial charge on any atom is 0.321 e. The first-order valence-corrected chi connectivity index (χ1v) is 5.01. The molecule has 0 saturated heterocycles. The Morgan fingerprint density at radius 2 is 2.19 bits per heavy atom. The molecule has 3 amide bonds. The predicted molar refractivity (Wildman–Crippen MR) is 60.9 cm³/mol. The van der Waals surface area contributed by atoms with Gasteiger partial charge in [0, 0.05) is 12.6 Å². The zero-order valence-electron chi connectivity index (χ0n) is 9.69. The largest absolute Gasteiger partial charge is 0.395 e. The minimum Gasteiger partial charge on any atom is -0.395 e. The number of rotatable bonds is 6. The standard InChI is InChI=1S/C10H19N3O3/c1-4-5-11-10(16)12-9(15)6-13(3)8(2)7-14/h4,8,14H,1,5-7H2,2-3H3,(H2,11,12,15,16). The van der Waals surface area contributed by atoms with Gasteiger partial charge in [0.2, 0.25) is 5.91 Å². The van der Waals surface area contributed by atoms with E-state index in [1.807, 2.05) is 0 Å². The van der Waals surface area contributed by atoms with Crippen LogP contribution in [0.3, 0.4) is 0 Å². The number of carbonyl (C=O) groups is 2. The summed E-state index contributed by atoms with van der Waals surface area (Å²) in [5.74, 6) is -0.413. The zero-order chi connectivity index (χ0) is 12.6. The summed E-state index contributed by atoms with van der Waals surface area (Å²) < 4.78 is 0. The Bertz CT molecular complexity index is 256. The van der Waals surface area contributed by atoms with E-state index >= 15 is 0 Å². The quantitative estimate of drug-likeness (QED) is 0.527. The van der Waals surface area contributed by atoms with Crippen molar-refractivity contribution in [1.82, 2.24) is 15.5 Å². The van der Waals surface area contributed by atoms with Crippen LogP contribution in [0.1, 0.15) is 6.92 Å². The first-order chi connectivity index (χ1) is 7.51. The molecule has 0 aliphatic heterocycles. The van der Waals surface area contributed by atoms with Crippen LogP contribution in [0.25, 0.3) is 0 Å². The van der Waals surface area contributed by atoms with Gasteiger partial charge >= 0.3 is 6.03 Å². The number of aliphatic hydroxyl groups is 1. The molecule has 0 rings (SSSR count). The highest BCUT2D eigenvalue weighted by Crippen LogP contribution is 1.92. The van der Waals surface area contributed by atoms with Crippen molar-refractivity contribution in [3.63, 3.8) is 0 Å². The fraction of sp³-hybridized carbons (Fsp3) is 0.600. The van der Waals surface area contributed by atoms with E-state index in [4.69, 9.17) is 5.11 Å². The van der Waals surface area contributed by atoms with Crippen LogP contribution in [-0.4, -0.2) is 54.7 Å². The lowest BCUT2D eigenvalue weighted by molar-refractivity contribution is -0.121. The van der Waals surface area contributed by atoms with Crippen molar-refractivity contribution in [2.24, 2.45) is 0 Å². The minimum absolute atomic E-state index is 0.0353. The highest BCUT2D eigenvalue weighted by molar-refractivity contribution is 5.95. The number of amides is 3. The minimum atomic E-state index is -0.546. The molecule has 0 aliphatic carbocycles. The number of nitrogens with zero attached hydrogens (tertiary/aromatic N) is 1. The molecule has 0 aromatic rings. The molecule has 6 nitrogen and oxygen atoms in total. The van der Waals surface area contributed by atoms with Gasteiger partial charge in [0.1, 0.15) is 0 Å². The molecule has 0 saturated carbocycles. The average Bonchev–Trinajstić information content (AvgIpc) is 2.24. The lowest BCUT2D eigenvalue weighted by atomic mass is 10.3. The summed E-state index contributed by atoms with van der Waals surface area (Å²) in [5.41, 5.74) is 0. The van der Waals surface area contributed by atoms with E-state index in [1.54, 1.807) is 18.9 Å². The number of likely N-dealkylation sites (N-methyl/N-ethyl adjacent to an activating group) is 1. The van der Waals surface area contributed by atoms with Gasteiger partial charge in [-0.25, -0.2) is 4.79 Å². The van der Waals surface area contributed by atoms with Gasteiger partial charge in [-0.15, -0.1) is 6.58 Å². The molecule has 1 unspecified atom stereocenters. The average molecular weight is 229 g/mol. The maximum absolute atomic E-state index is 11.3. The first-order valence-electron chi connectivity index (χ1n) is 5.01. The summed E-state index contributed by atoms with van der Waals surface area (Å²) in [6, 6.07) is -0.670. The molecule has 0 heterocycles. The Hall–Kier alpha value is -1.40. The van der Waals surface area contributed by atoms with Crippen LogP contribution in [0.15, 0.2) is 12.7 Å². The van der Waals surface area contributed by atoms with Crippen molar-refractivity contribution in [2.45, 2.75) is 13.0 Å². The van der Waals surface area contributed by atoms with Gasteiger partial charge in [0.05, 0.1) is 13.2 Å². The van der Waals surface area contributed by atoms with E-state index in [-0.39, 0.29) is 19.2 Å². The van der Waals surface area contributed by atoms with Gasteiger partial charge in [0.25, 0.3) is 0 Å². The van der Waals surface area contributed by atoms with Crippen LogP contribution >= 0.6 is 0 Å². The summed E-state index contributed by atoms with van der Waals surface area (Å²) in [6.45, 7) is 5.54. The van der Waals surface area contributed by atoms with E-state index < -0.39 is 11.9 Å². The zero-order valence-corrected chi connectivity index (χ0v) is 9.69. The van der Waals surface area contributed by atoms with Crippen LogP contribution in [-0.2, 0) is 4.79 Å². The number of carbonyl (C=O) groups excluding carboxylic acids is 2. The second-order valence-electron chi connectivity index (χ2n) is 3.49. The molecule has 6 heteroatoms. The Labute approximate surface area is 95.3 Å². The van der Waals surface area contributed by atoms with Crippen molar-refractivity contribution >= 4 is 11.9 Å². The molecule has 0 radical (unpaired) electrons. The molecule has 1 atom stereocenters. The van der Waals surface area contributed by atoms with E-state index in [0.29, 0.717) is 6.54 Å². The molecule has 16 heavy (non-hydrogen) atoms. The van der Waals surface area contributed by atoms with Gasteiger partial charge in [0.15, 0.2) is 0 Å². The summed E-state index contributed by atoms with van der Waals surface area (Å²) in [5, 5.41) is 13.4. The lowest BCUT2D eigenvalue weighted by Crippen LogP contribution is -2.46. The Kier molecular flexibility index (Phi) is 7.15. The van der Waals surface area contributed by atoms with Crippen molar-refractivity contribution in [1.29, 1.82) is 0 Å². The van der Waals surface area contributed by atoms with Crippen molar-refractivity contribution < 1.29 is 14.7 Å². The van der Waals surface area contributed by atoms with Crippen LogP contribution in [0, 0.1) is 0 Å². The Morgan fingerprint density at radius 3 is 2.69 bits per heavy atom. The number of hydrogen-bond acceptors (Lipinski definition) is 4. The third kappa shape index (κ3) is 6.15. The Balaban J connectivity index is 3.89. The lowest BCUT2D eigenvalue weighted by Gasteiger charge is -2.21. The third-order valence-corrected chi connectivity index (χ3v) is 2.07. The van der Waals surface area contributed by atoms with Gasteiger partial charge in [-0.05, 0) is 14.0 Å². The Morgan fingerprint density at radius 1 is 1.56 bits per heavy atom. The number of urea groups is 1. The second kappa shape index (κ2) is 7.84. The molecule has 92 valence electrons. The summed E-state index contributed by atoms with van der Waals surface area (Å²) in [7, 11) is 1.70. The van der Waals surface area contributed by atoms with Crippen molar-refractivity contribution in [2.75, 3.05) is 26.7 Å². The number of imide groups is 1. The molecule has 3 N–H and O–H groups in total. The van der Waals surface area contributed by atoms with Crippen LogP contribution < -0.4 is 10.6 Å².